The SMILES string of the molecule is CC(C)c1cc(Nc2cccc(Cl)c2)ncc1C(=O)NCc1ccc(C#N)cc1. The van der Waals surface area contributed by atoms with Gasteiger partial charge in [0.1, 0.15) is 5.82 Å². The molecule has 146 valence electrons. The lowest BCUT2D eigenvalue weighted by Gasteiger charge is -2.15. The second kappa shape index (κ2) is 9.22. The summed E-state index contributed by atoms with van der Waals surface area (Å²) in [5, 5.41) is 15.7. The van der Waals surface area contributed by atoms with Crippen molar-refractivity contribution in [2.45, 2.75) is 26.3 Å². The molecule has 29 heavy (non-hydrogen) atoms. The van der Waals surface area contributed by atoms with Crippen molar-refractivity contribution in [3.63, 3.8) is 0 Å². The lowest BCUT2D eigenvalue weighted by molar-refractivity contribution is 0.0949. The normalized spacial score (nSPS) is 10.4. The van der Waals surface area contributed by atoms with Crippen LogP contribution >= 0.6 is 11.6 Å². The highest BCUT2D eigenvalue weighted by atomic mass is 35.5. The molecule has 0 aliphatic rings. The maximum Gasteiger partial charge on any atom is 0.253 e. The van der Waals surface area contributed by atoms with Gasteiger partial charge in [-0.05, 0) is 53.4 Å². The number of amides is 1. The average molecular weight is 405 g/mol. The number of hydrogen-bond acceptors (Lipinski definition) is 4. The van der Waals surface area contributed by atoms with Gasteiger partial charge in [0.15, 0.2) is 0 Å². The minimum atomic E-state index is -0.181. The molecule has 0 saturated carbocycles. The second-order valence-corrected chi connectivity index (χ2v) is 7.37. The maximum atomic E-state index is 12.7. The molecule has 0 bridgehead atoms. The van der Waals surface area contributed by atoms with Crippen LogP contribution in [0.4, 0.5) is 11.5 Å². The first-order chi connectivity index (χ1) is 14.0. The summed E-state index contributed by atoms with van der Waals surface area (Å²) >= 11 is 6.03. The molecule has 0 fully saturated rings. The molecule has 5 nitrogen and oxygen atoms in total. The van der Waals surface area contributed by atoms with Gasteiger partial charge >= 0.3 is 0 Å². The van der Waals surface area contributed by atoms with E-state index in [-0.39, 0.29) is 11.8 Å². The molecule has 0 aliphatic heterocycles. The molecule has 3 aromatic rings. The summed E-state index contributed by atoms with van der Waals surface area (Å²) in [6.07, 6.45) is 1.59. The van der Waals surface area contributed by atoms with Crippen molar-refractivity contribution in [1.82, 2.24) is 10.3 Å². The van der Waals surface area contributed by atoms with Gasteiger partial charge in [0.2, 0.25) is 0 Å². The maximum absolute atomic E-state index is 12.7. The van der Waals surface area contributed by atoms with Crippen LogP contribution in [0.5, 0.6) is 0 Å². The van der Waals surface area contributed by atoms with Gasteiger partial charge in [0, 0.05) is 23.5 Å². The van der Waals surface area contributed by atoms with Crippen LogP contribution in [-0.2, 0) is 6.54 Å². The van der Waals surface area contributed by atoms with Crippen LogP contribution in [0.3, 0.4) is 0 Å². The molecule has 0 aliphatic carbocycles. The predicted octanol–water partition coefficient (Wildman–Crippen LogP) is 5.40. The number of nitriles is 1. The van der Waals surface area contributed by atoms with E-state index in [1.54, 1.807) is 24.4 Å². The number of aromatic nitrogens is 1. The summed E-state index contributed by atoms with van der Waals surface area (Å²) in [5.41, 5.74) is 3.80. The topological polar surface area (TPSA) is 77.8 Å². The summed E-state index contributed by atoms with van der Waals surface area (Å²) in [6, 6.07) is 18.5. The second-order valence-electron chi connectivity index (χ2n) is 6.94. The van der Waals surface area contributed by atoms with Gasteiger partial charge in [-0.1, -0.05) is 43.6 Å². The van der Waals surface area contributed by atoms with Crippen LogP contribution in [0.2, 0.25) is 5.02 Å². The minimum Gasteiger partial charge on any atom is -0.348 e. The van der Waals surface area contributed by atoms with Crippen LogP contribution in [0.1, 0.15) is 46.8 Å². The van der Waals surface area contributed by atoms with Crippen molar-refractivity contribution in [2.24, 2.45) is 0 Å². The Balaban J connectivity index is 1.75. The Hall–Kier alpha value is -3.36. The van der Waals surface area contributed by atoms with Gasteiger partial charge in [-0.25, -0.2) is 4.98 Å². The lowest BCUT2D eigenvalue weighted by atomic mass is 9.98. The van der Waals surface area contributed by atoms with E-state index in [1.807, 2.05) is 50.2 Å². The number of rotatable bonds is 6. The molecule has 1 amide bonds. The summed E-state index contributed by atoms with van der Waals surface area (Å²) < 4.78 is 0. The van der Waals surface area contributed by atoms with Gasteiger partial charge in [-0.15, -0.1) is 0 Å². The van der Waals surface area contributed by atoms with Crippen LogP contribution < -0.4 is 10.6 Å². The fourth-order valence-electron chi connectivity index (χ4n) is 2.90. The predicted molar refractivity (Wildman–Crippen MR) is 115 cm³/mol. The molecule has 0 atom stereocenters. The van der Waals surface area contributed by atoms with Crippen LogP contribution in [0.15, 0.2) is 60.8 Å². The number of benzene rings is 2. The fourth-order valence-corrected chi connectivity index (χ4v) is 3.09. The van der Waals surface area contributed by atoms with E-state index in [1.165, 1.54) is 0 Å². The number of halogens is 1. The monoisotopic (exact) mass is 404 g/mol. The van der Waals surface area contributed by atoms with Gasteiger partial charge in [0.05, 0.1) is 17.2 Å². The molecule has 0 unspecified atom stereocenters. The first kappa shape index (κ1) is 20.4. The summed E-state index contributed by atoms with van der Waals surface area (Å²) in [4.78, 5) is 17.1. The van der Waals surface area contributed by atoms with Crippen LogP contribution in [0, 0.1) is 11.3 Å². The summed E-state index contributed by atoms with van der Waals surface area (Å²) in [6.45, 7) is 4.45. The first-order valence-corrected chi connectivity index (χ1v) is 9.64. The molecule has 6 heteroatoms. The smallest absolute Gasteiger partial charge is 0.253 e. The van der Waals surface area contributed by atoms with Crippen molar-refractivity contribution in [2.75, 3.05) is 5.32 Å². The highest BCUT2D eigenvalue weighted by Crippen LogP contribution is 2.25. The number of nitrogens with zero attached hydrogens (tertiary/aromatic N) is 2. The largest absolute Gasteiger partial charge is 0.348 e. The van der Waals surface area contributed by atoms with Crippen molar-refractivity contribution in [3.05, 3.63) is 88.1 Å². The number of carbonyl (C=O) groups excluding carboxylic acids is 1. The molecule has 1 heterocycles. The third-order valence-corrected chi connectivity index (χ3v) is 4.67. The third-order valence-electron chi connectivity index (χ3n) is 4.44. The van der Waals surface area contributed by atoms with E-state index < -0.39 is 0 Å². The number of hydrogen-bond donors (Lipinski definition) is 2. The highest BCUT2D eigenvalue weighted by Gasteiger charge is 2.15. The Kier molecular flexibility index (Phi) is 6.48. The van der Waals surface area contributed by atoms with Crippen molar-refractivity contribution in [1.29, 1.82) is 5.26 Å². The molecule has 0 spiro atoms. The Labute approximate surface area is 175 Å². The van der Waals surface area contributed by atoms with Crippen molar-refractivity contribution >= 4 is 29.0 Å². The Bertz CT molecular complexity index is 1060. The zero-order valence-electron chi connectivity index (χ0n) is 16.2. The zero-order valence-corrected chi connectivity index (χ0v) is 17.0. The van der Waals surface area contributed by atoms with Crippen molar-refractivity contribution in [3.8, 4) is 6.07 Å². The lowest BCUT2D eigenvalue weighted by Crippen LogP contribution is -2.24. The van der Waals surface area contributed by atoms with E-state index >= 15 is 0 Å². The van der Waals surface area contributed by atoms with Gasteiger partial charge in [-0.3, -0.25) is 4.79 Å². The summed E-state index contributed by atoms with van der Waals surface area (Å²) in [7, 11) is 0. The Morgan fingerprint density at radius 1 is 1.17 bits per heavy atom. The van der Waals surface area contributed by atoms with Gasteiger partial charge in [-0.2, -0.15) is 5.26 Å². The average Bonchev–Trinajstić information content (AvgIpc) is 2.72. The number of pyridine rings is 1. The number of anilines is 2. The van der Waals surface area contributed by atoms with E-state index in [4.69, 9.17) is 16.9 Å². The molecular formula is C23H21ClN4O. The molecule has 0 saturated heterocycles. The third kappa shape index (κ3) is 5.34. The first-order valence-electron chi connectivity index (χ1n) is 9.26. The molecule has 3 rings (SSSR count). The molecule has 2 N–H and O–H groups in total. The van der Waals surface area contributed by atoms with E-state index in [9.17, 15) is 4.79 Å². The summed E-state index contributed by atoms with van der Waals surface area (Å²) in [5.74, 6) is 0.619. The fraction of sp³-hybridized carbons (Fsp3) is 0.174. The Morgan fingerprint density at radius 3 is 2.59 bits per heavy atom. The van der Waals surface area contributed by atoms with Crippen LogP contribution in [0.25, 0.3) is 0 Å². The van der Waals surface area contributed by atoms with Crippen LogP contribution in [-0.4, -0.2) is 10.9 Å². The molecule has 0 radical (unpaired) electrons. The molecule has 1 aromatic heterocycles. The Morgan fingerprint density at radius 2 is 1.93 bits per heavy atom. The van der Waals surface area contributed by atoms with Gasteiger partial charge in [0.25, 0.3) is 5.91 Å². The standard InChI is InChI=1S/C23H21ClN4O/c1-15(2)20-11-22(28-19-5-3-4-18(24)10-19)26-14-21(20)23(29)27-13-17-8-6-16(12-25)7-9-17/h3-11,14-15H,13H2,1-2H3,(H,26,28)(H,27,29). The minimum absolute atomic E-state index is 0.147. The van der Waals surface area contributed by atoms with E-state index in [2.05, 4.69) is 21.7 Å². The molecule has 2 aromatic carbocycles. The van der Waals surface area contributed by atoms with Gasteiger partial charge < -0.3 is 10.6 Å². The zero-order chi connectivity index (χ0) is 20.8. The quantitative estimate of drug-likeness (QED) is 0.576. The number of nitrogens with one attached hydrogen (secondary N) is 2. The van der Waals surface area contributed by atoms with Crippen molar-refractivity contribution < 1.29 is 4.79 Å². The number of carbonyl (C=O) groups is 1. The molecular weight excluding hydrogens is 384 g/mol. The highest BCUT2D eigenvalue weighted by molar-refractivity contribution is 6.30. The van der Waals surface area contributed by atoms with E-state index in [0.717, 1.165) is 16.8 Å². The van der Waals surface area contributed by atoms with E-state index in [0.29, 0.717) is 28.5 Å².